The molecule has 116 valence electrons. The van der Waals surface area contributed by atoms with Gasteiger partial charge in [0, 0.05) is 13.2 Å². The van der Waals surface area contributed by atoms with Gasteiger partial charge in [-0.2, -0.15) is 0 Å². The summed E-state index contributed by atoms with van der Waals surface area (Å²) in [6.45, 7) is 15.9. The quantitative estimate of drug-likeness (QED) is 0.383. The molecule has 0 rings (SSSR count). The zero-order valence-electron chi connectivity index (χ0n) is 14.5. The van der Waals surface area contributed by atoms with Crippen LogP contribution >= 0.6 is 0 Å². The minimum absolute atomic E-state index is 0.520. The van der Waals surface area contributed by atoms with Crippen LogP contribution in [-0.2, 0) is 4.74 Å². The Morgan fingerprint density at radius 2 is 1.00 bits per heavy atom. The number of unbranched alkanes of at least 4 members (excludes halogenated alkanes) is 2. The summed E-state index contributed by atoms with van der Waals surface area (Å²) < 4.78 is 5.73. The largest absolute Gasteiger partial charge is 0.381 e. The summed E-state index contributed by atoms with van der Waals surface area (Å²) in [5.41, 5.74) is 1.04. The minimum Gasteiger partial charge on any atom is -0.381 e. The lowest BCUT2D eigenvalue weighted by Crippen LogP contribution is -2.10. The van der Waals surface area contributed by atoms with E-state index in [2.05, 4.69) is 41.5 Å². The average molecular weight is 271 g/mol. The van der Waals surface area contributed by atoms with Crippen molar-refractivity contribution in [1.29, 1.82) is 0 Å². The molecule has 0 fully saturated rings. The van der Waals surface area contributed by atoms with Crippen molar-refractivity contribution >= 4 is 0 Å². The van der Waals surface area contributed by atoms with Crippen LogP contribution in [0.15, 0.2) is 0 Å². The number of ether oxygens (including phenoxy) is 1. The first kappa shape index (κ1) is 19.0. The second-order valence-electron chi connectivity index (χ2n) is 7.56. The summed E-state index contributed by atoms with van der Waals surface area (Å²) in [7, 11) is 0. The molecule has 0 aliphatic carbocycles. The minimum atomic E-state index is 0.520. The molecule has 0 unspecified atom stereocenters. The van der Waals surface area contributed by atoms with Crippen molar-refractivity contribution in [3.05, 3.63) is 0 Å². The molecule has 0 aromatic heterocycles. The molecule has 0 aromatic rings. The topological polar surface area (TPSA) is 9.23 Å². The van der Waals surface area contributed by atoms with Gasteiger partial charge in [-0.05, 0) is 36.5 Å². The monoisotopic (exact) mass is 270 g/mol. The van der Waals surface area contributed by atoms with Crippen LogP contribution in [-0.4, -0.2) is 13.2 Å². The zero-order chi connectivity index (χ0) is 14.8. The van der Waals surface area contributed by atoms with E-state index in [4.69, 9.17) is 4.74 Å². The molecule has 0 heterocycles. The van der Waals surface area contributed by atoms with Crippen molar-refractivity contribution in [1.82, 2.24) is 0 Å². The molecule has 0 aromatic carbocycles. The summed E-state index contributed by atoms with van der Waals surface area (Å²) in [6.07, 6.45) is 10.3. The molecule has 0 aliphatic heterocycles. The summed E-state index contributed by atoms with van der Waals surface area (Å²) in [4.78, 5) is 0. The van der Waals surface area contributed by atoms with Crippen LogP contribution in [0.25, 0.3) is 0 Å². The molecule has 0 aliphatic rings. The highest BCUT2D eigenvalue weighted by atomic mass is 16.5. The molecular formula is C18H38O. The van der Waals surface area contributed by atoms with Crippen LogP contribution in [0, 0.1) is 10.8 Å². The molecule has 0 saturated carbocycles. The predicted molar refractivity (Wildman–Crippen MR) is 86.7 cm³/mol. The van der Waals surface area contributed by atoms with Gasteiger partial charge in [-0.3, -0.25) is 0 Å². The van der Waals surface area contributed by atoms with E-state index in [1.54, 1.807) is 0 Å². The van der Waals surface area contributed by atoms with Gasteiger partial charge < -0.3 is 4.74 Å². The molecule has 0 N–H and O–H groups in total. The van der Waals surface area contributed by atoms with Crippen molar-refractivity contribution in [2.75, 3.05) is 13.2 Å². The Morgan fingerprint density at radius 3 is 1.32 bits per heavy atom. The smallest absolute Gasteiger partial charge is 0.0466 e. The highest BCUT2D eigenvalue weighted by molar-refractivity contribution is 4.66. The second-order valence-corrected chi connectivity index (χ2v) is 7.56. The summed E-state index contributed by atoms with van der Waals surface area (Å²) in [5.74, 6) is 0. The molecule has 0 spiro atoms. The van der Waals surface area contributed by atoms with Crippen molar-refractivity contribution < 1.29 is 4.74 Å². The lowest BCUT2D eigenvalue weighted by molar-refractivity contribution is 0.120. The van der Waals surface area contributed by atoms with Crippen molar-refractivity contribution in [2.24, 2.45) is 10.8 Å². The highest BCUT2D eigenvalue weighted by Gasteiger charge is 2.14. The molecule has 0 saturated heterocycles. The van der Waals surface area contributed by atoms with Crippen LogP contribution < -0.4 is 0 Å². The summed E-state index contributed by atoms with van der Waals surface area (Å²) in [5, 5.41) is 0. The normalized spacial score (nSPS) is 12.9. The van der Waals surface area contributed by atoms with E-state index >= 15 is 0 Å². The maximum absolute atomic E-state index is 5.73. The molecular weight excluding hydrogens is 232 g/mol. The molecule has 0 bridgehead atoms. The Labute approximate surface area is 122 Å². The van der Waals surface area contributed by atoms with Crippen LogP contribution in [0.2, 0.25) is 0 Å². The van der Waals surface area contributed by atoms with Gasteiger partial charge in [0.15, 0.2) is 0 Å². The number of rotatable bonds is 12. The molecule has 0 amide bonds. The van der Waals surface area contributed by atoms with Crippen molar-refractivity contribution in [2.45, 2.75) is 92.9 Å². The van der Waals surface area contributed by atoms with Gasteiger partial charge in [0.05, 0.1) is 0 Å². The van der Waals surface area contributed by atoms with E-state index < -0.39 is 0 Å². The first-order chi connectivity index (χ1) is 8.83. The fraction of sp³-hybridized carbons (Fsp3) is 1.00. The summed E-state index contributed by atoms with van der Waals surface area (Å²) >= 11 is 0. The van der Waals surface area contributed by atoms with Gasteiger partial charge in [-0.15, -0.1) is 0 Å². The number of hydrogen-bond acceptors (Lipinski definition) is 1. The van der Waals surface area contributed by atoms with Crippen LogP contribution in [0.4, 0.5) is 0 Å². The van der Waals surface area contributed by atoms with E-state index in [1.807, 2.05) is 0 Å². The Hall–Kier alpha value is -0.0400. The fourth-order valence-corrected chi connectivity index (χ4v) is 2.07. The zero-order valence-corrected chi connectivity index (χ0v) is 14.5. The van der Waals surface area contributed by atoms with Crippen LogP contribution in [0.5, 0.6) is 0 Å². The van der Waals surface area contributed by atoms with E-state index in [1.165, 1.54) is 51.4 Å². The summed E-state index contributed by atoms with van der Waals surface area (Å²) in [6, 6.07) is 0. The predicted octanol–water partition coefficient (Wildman–Crippen LogP) is 6.22. The third-order valence-corrected chi connectivity index (χ3v) is 4.70. The third-order valence-electron chi connectivity index (χ3n) is 4.70. The number of hydrogen-bond donors (Lipinski definition) is 0. The third kappa shape index (κ3) is 11.5. The first-order valence-corrected chi connectivity index (χ1v) is 8.41. The SMILES string of the molecule is CCC(C)(C)CCCCOCCCCC(C)(C)CC. The standard InChI is InChI=1S/C18H38O/c1-7-17(3,4)13-9-11-15-19-16-12-10-14-18(5,6)8-2/h7-16H2,1-6H3. The second kappa shape index (κ2) is 9.80. The Bertz CT molecular complexity index is 184. The van der Waals surface area contributed by atoms with Gasteiger partial charge in [-0.25, -0.2) is 0 Å². The Balaban J connectivity index is 3.29. The Kier molecular flexibility index (Phi) is 9.78. The molecule has 0 radical (unpaired) electrons. The van der Waals surface area contributed by atoms with Crippen LogP contribution in [0.3, 0.4) is 0 Å². The molecule has 1 heteroatoms. The fourth-order valence-electron chi connectivity index (χ4n) is 2.07. The van der Waals surface area contributed by atoms with E-state index in [9.17, 15) is 0 Å². The van der Waals surface area contributed by atoms with E-state index in [-0.39, 0.29) is 0 Å². The average Bonchev–Trinajstić information content (AvgIpc) is 2.36. The highest BCUT2D eigenvalue weighted by Crippen LogP contribution is 2.27. The van der Waals surface area contributed by atoms with Crippen LogP contribution in [0.1, 0.15) is 92.9 Å². The Morgan fingerprint density at radius 1 is 0.632 bits per heavy atom. The molecule has 1 nitrogen and oxygen atoms in total. The molecule has 19 heavy (non-hydrogen) atoms. The van der Waals surface area contributed by atoms with Gasteiger partial charge in [0.25, 0.3) is 0 Å². The maximum Gasteiger partial charge on any atom is 0.0466 e. The lowest BCUT2D eigenvalue weighted by atomic mass is 9.85. The molecule has 0 atom stereocenters. The van der Waals surface area contributed by atoms with Crippen molar-refractivity contribution in [3.63, 3.8) is 0 Å². The lowest BCUT2D eigenvalue weighted by Gasteiger charge is -2.22. The first-order valence-electron chi connectivity index (χ1n) is 8.41. The van der Waals surface area contributed by atoms with E-state index in [0.717, 1.165) is 13.2 Å². The van der Waals surface area contributed by atoms with Gasteiger partial charge in [-0.1, -0.05) is 67.2 Å². The van der Waals surface area contributed by atoms with Gasteiger partial charge in [0.1, 0.15) is 0 Å². The van der Waals surface area contributed by atoms with Gasteiger partial charge >= 0.3 is 0 Å². The van der Waals surface area contributed by atoms with Crippen molar-refractivity contribution in [3.8, 4) is 0 Å². The van der Waals surface area contributed by atoms with E-state index in [0.29, 0.717) is 10.8 Å². The maximum atomic E-state index is 5.73. The van der Waals surface area contributed by atoms with Gasteiger partial charge in [0.2, 0.25) is 0 Å².